The van der Waals surface area contributed by atoms with Gasteiger partial charge < -0.3 is 11.1 Å². The van der Waals surface area contributed by atoms with Crippen molar-refractivity contribution in [2.75, 3.05) is 6.54 Å². The Morgan fingerprint density at radius 2 is 2.00 bits per heavy atom. The minimum atomic E-state index is -0.0256. The summed E-state index contributed by atoms with van der Waals surface area (Å²) in [6.45, 7) is 1.14. The summed E-state index contributed by atoms with van der Waals surface area (Å²) in [5, 5.41) is 8.59. The van der Waals surface area contributed by atoms with Crippen LogP contribution in [0, 0.1) is 0 Å². The zero-order chi connectivity index (χ0) is 15.1. The van der Waals surface area contributed by atoms with Crippen LogP contribution in [0.3, 0.4) is 0 Å². The van der Waals surface area contributed by atoms with E-state index in [0.717, 1.165) is 34.3 Å². The lowest BCUT2D eigenvalue weighted by atomic mass is 10.1. The van der Waals surface area contributed by atoms with Crippen molar-refractivity contribution >= 4 is 16.8 Å². The van der Waals surface area contributed by atoms with E-state index < -0.39 is 0 Å². The summed E-state index contributed by atoms with van der Waals surface area (Å²) >= 11 is 0. The second kappa shape index (κ2) is 4.96. The van der Waals surface area contributed by atoms with Crippen LogP contribution in [0.5, 0.6) is 0 Å². The van der Waals surface area contributed by atoms with Gasteiger partial charge in [-0.15, -0.1) is 0 Å². The van der Waals surface area contributed by atoms with Gasteiger partial charge in [-0.25, -0.2) is 4.68 Å². The Bertz CT molecular complexity index is 864. The van der Waals surface area contributed by atoms with E-state index in [0.29, 0.717) is 18.7 Å². The lowest BCUT2D eigenvalue weighted by molar-refractivity contribution is 0.0957. The highest BCUT2D eigenvalue weighted by atomic mass is 16.1. The van der Waals surface area contributed by atoms with Crippen LogP contribution in [0.2, 0.25) is 0 Å². The molecule has 1 amide bonds. The van der Waals surface area contributed by atoms with Crippen LogP contribution in [-0.4, -0.2) is 22.2 Å². The Labute approximate surface area is 127 Å². The van der Waals surface area contributed by atoms with Crippen LogP contribution in [0.15, 0.2) is 42.5 Å². The van der Waals surface area contributed by atoms with Crippen LogP contribution < -0.4 is 11.1 Å². The van der Waals surface area contributed by atoms with E-state index in [1.54, 1.807) is 0 Å². The number of carbonyl (C=O) groups excluding carboxylic acids is 1. The van der Waals surface area contributed by atoms with Gasteiger partial charge in [0.25, 0.3) is 5.91 Å². The van der Waals surface area contributed by atoms with Gasteiger partial charge in [-0.3, -0.25) is 4.79 Å². The van der Waals surface area contributed by atoms with Crippen molar-refractivity contribution in [3.63, 3.8) is 0 Å². The average Bonchev–Trinajstić information content (AvgIpc) is 2.84. The minimum Gasteiger partial charge on any atom is -0.352 e. The molecule has 0 fully saturated rings. The molecule has 2 heterocycles. The molecule has 1 aromatic heterocycles. The summed E-state index contributed by atoms with van der Waals surface area (Å²) in [4.78, 5) is 12.2. The van der Waals surface area contributed by atoms with Crippen molar-refractivity contribution in [1.29, 1.82) is 0 Å². The Morgan fingerprint density at radius 3 is 2.77 bits per heavy atom. The first-order chi connectivity index (χ1) is 10.8. The summed E-state index contributed by atoms with van der Waals surface area (Å²) in [7, 11) is 0. The van der Waals surface area contributed by atoms with Gasteiger partial charge in [0, 0.05) is 24.9 Å². The van der Waals surface area contributed by atoms with E-state index in [1.807, 2.05) is 47.1 Å². The van der Waals surface area contributed by atoms with Crippen LogP contribution in [0.25, 0.3) is 16.6 Å². The van der Waals surface area contributed by atoms with E-state index in [4.69, 9.17) is 10.8 Å². The maximum absolute atomic E-state index is 12.2. The van der Waals surface area contributed by atoms with Crippen molar-refractivity contribution in [3.05, 3.63) is 59.3 Å². The quantitative estimate of drug-likeness (QED) is 0.756. The molecule has 0 bridgehead atoms. The predicted octanol–water partition coefficient (Wildman–Crippen LogP) is 1.77. The van der Waals surface area contributed by atoms with Crippen molar-refractivity contribution in [2.24, 2.45) is 5.73 Å². The summed E-state index contributed by atoms with van der Waals surface area (Å²) in [6, 6.07) is 13.7. The Morgan fingerprint density at radius 1 is 1.18 bits per heavy atom. The van der Waals surface area contributed by atoms with Crippen molar-refractivity contribution in [3.8, 4) is 5.69 Å². The molecule has 0 saturated heterocycles. The van der Waals surface area contributed by atoms with Gasteiger partial charge in [-0.1, -0.05) is 18.2 Å². The van der Waals surface area contributed by atoms with Crippen molar-refractivity contribution in [1.82, 2.24) is 15.1 Å². The highest BCUT2D eigenvalue weighted by molar-refractivity contribution is 6.08. The first-order valence-corrected chi connectivity index (χ1v) is 7.36. The fourth-order valence-corrected chi connectivity index (χ4v) is 3.00. The molecule has 0 aliphatic carbocycles. The van der Waals surface area contributed by atoms with E-state index in [2.05, 4.69) is 5.32 Å². The van der Waals surface area contributed by atoms with Gasteiger partial charge in [0.1, 0.15) is 0 Å². The van der Waals surface area contributed by atoms with Crippen LogP contribution >= 0.6 is 0 Å². The number of benzene rings is 2. The average molecular weight is 292 g/mol. The lowest BCUT2D eigenvalue weighted by Crippen LogP contribution is -2.23. The number of nitrogens with two attached hydrogens (primary N) is 1. The Hall–Kier alpha value is -2.66. The third kappa shape index (κ3) is 1.90. The molecule has 0 spiro atoms. The number of carbonyl (C=O) groups is 1. The normalized spacial score (nSPS) is 14.0. The number of hydrogen-bond acceptors (Lipinski definition) is 3. The van der Waals surface area contributed by atoms with E-state index >= 15 is 0 Å². The number of aromatic nitrogens is 2. The number of hydrogen-bond donors (Lipinski definition) is 2. The van der Waals surface area contributed by atoms with Gasteiger partial charge in [-0.2, -0.15) is 5.10 Å². The summed E-state index contributed by atoms with van der Waals surface area (Å²) in [6.07, 6.45) is 0.762. The third-order valence-electron chi connectivity index (χ3n) is 4.10. The monoisotopic (exact) mass is 292 g/mol. The van der Waals surface area contributed by atoms with Crippen molar-refractivity contribution < 1.29 is 4.79 Å². The maximum atomic E-state index is 12.2. The molecule has 1 aliphatic heterocycles. The maximum Gasteiger partial charge on any atom is 0.252 e. The third-order valence-corrected chi connectivity index (χ3v) is 4.10. The second-order valence-electron chi connectivity index (χ2n) is 5.43. The molecular formula is C17H16N4O. The summed E-state index contributed by atoms with van der Waals surface area (Å²) in [5.41, 5.74) is 10.4. The van der Waals surface area contributed by atoms with Crippen LogP contribution in [0.4, 0.5) is 0 Å². The molecular weight excluding hydrogens is 276 g/mol. The first kappa shape index (κ1) is 13.0. The highest BCUT2D eigenvalue weighted by Gasteiger charge is 2.22. The van der Waals surface area contributed by atoms with E-state index in [9.17, 15) is 4.79 Å². The van der Waals surface area contributed by atoms with Gasteiger partial charge in [0.2, 0.25) is 0 Å². The smallest absolute Gasteiger partial charge is 0.252 e. The highest BCUT2D eigenvalue weighted by Crippen LogP contribution is 2.27. The molecule has 0 unspecified atom stereocenters. The predicted molar refractivity (Wildman–Crippen MR) is 85.0 cm³/mol. The van der Waals surface area contributed by atoms with Crippen LogP contribution in [-0.2, 0) is 13.0 Å². The fraction of sp³-hybridized carbons (Fsp3) is 0.176. The number of amides is 1. The SMILES string of the molecule is NCc1ccc(-n2nc3cccc4c3c2CCNC4=O)cc1. The summed E-state index contributed by atoms with van der Waals surface area (Å²) in [5.74, 6) is -0.0256. The second-order valence-corrected chi connectivity index (χ2v) is 5.43. The molecule has 0 saturated carbocycles. The van der Waals surface area contributed by atoms with E-state index in [1.165, 1.54) is 0 Å². The molecule has 5 nitrogen and oxygen atoms in total. The number of nitrogens with one attached hydrogen (secondary N) is 1. The van der Waals surface area contributed by atoms with E-state index in [-0.39, 0.29) is 5.91 Å². The van der Waals surface area contributed by atoms with Crippen molar-refractivity contribution in [2.45, 2.75) is 13.0 Å². The first-order valence-electron chi connectivity index (χ1n) is 7.36. The van der Waals surface area contributed by atoms with Gasteiger partial charge in [0.05, 0.1) is 22.5 Å². The Kier molecular flexibility index (Phi) is 2.94. The van der Waals surface area contributed by atoms with Gasteiger partial charge in [-0.05, 0) is 29.8 Å². The molecule has 4 rings (SSSR count). The zero-order valence-corrected chi connectivity index (χ0v) is 12.0. The van der Waals surface area contributed by atoms with Gasteiger partial charge in [0.15, 0.2) is 0 Å². The summed E-state index contributed by atoms with van der Waals surface area (Å²) < 4.78 is 1.94. The van der Waals surface area contributed by atoms with Crippen LogP contribution in [0.1, 0.15) is 21.6 Å². The molecule has 110 valence electrons. The zero-order valence-electron chi connectivity index (χ0n) is 12.0. The molecule has 3 N–H and O–H groups in total. The largest absolute Gasteiger partial charge is 0.352 e. The van der Waals surface area contributed by atoms with Gasteiger partial charge >= 0.3 is 0 Å². The number of rotatable bonds is 2. The Balaban J connectivity index is 1.96. The molecule has 1 aliphatic rings. The molecule has 3 aromatic rings. The lowest BCUT2D eigenvalue weighted by Gasteiger charge is -2.07. The number of nitrogens with zero attached hydrogens (tertiary/aromatic N) is 2. The molecule has 22 heavy (non-hydrogen) atoms. The molecule has 0 atom stereocenters. The molecule has 0 radical (unpaired) electrons. The molecule has 2 aromatic carbocycles. The fourth-order valence-electron chi connectivity index (χ4n) is 3.00. The standard InChI is InChI=1S/C17H16N4O/c18-10-11-4-6-12(7-5-11)21-15-8-9-19-17(22)13-2-1-3-14(20-21)16(13)15/h1-7H,8-10,18H2,(H,19,22). The molecule has 5 heteroatoms. The minimum absolute atomic E-state index is 0.0256. The topological polar surface area (TPSA) is 72.9 Å².